The number of amides is 1. The van der Waals surface area contributed by atoms with Gasteiger partial charge >= 0.3 is 0 Å². The molecular formula is C21H18FN5OS2. The zero-order chi connectivity index (χ0) is 21.1. The molecule has 9 heteroatoms. The predicted molar refractivity (Wildman–Crippen MR) is 120 cm³/mol. The summed E-state index contributed by atoms with van der Waals surface area (Å²) < 4.78 is 14.0. The van der Waals surface area contributed by atoms with Crippen molar-refractivity contribution in [3.05, 3.63) is 74.3 Å². The van der Waals surface area contributed by atoms with Crippen molar-refractivity contribution in [2.45, 2.75) is 13.3 Å². The van der Waals surface area contributed by atoms with Crippen molar-refractivity contribution in [1.29, 1.82) is 0 Å². The van der Waals surface area contributed by atoms with Crippen LogP contribution in [0.3, 0.4) is 0 Å². The lowest BCUT2D eigenvalue weighted by Gasteiger charge is -2.00. The number of halogens is 1. The average Bonchev–Trinajstić information content (AvgIpc) is 3.33. The van der Waals surface area contributed by atoms with Gasteiger partial charge in [-0.15, -0.1) is 22.7 Å². The standard InChI is InChI=1S/C21H18FN5OS2/c1-12-7-17(20(28)23-2)30-18(12)10-26-27-19-15-9-14(29-21(15)25-11-24-19)8-13-5-3-4-6-16(13)22/h3-7,9-11H,8H2,1-2H3,(H,23,28)(H,24,25,27)/b26-10+. The molecule has 0 aliphatic heterocycles. The second-order valence-electron chi connectivity index (χ2n) is 6.53. The first kappa shape index (κ1) is 20.1. The van der Waals surface area contributed by atoms with Gasteiger partial charge in [-0.05, 0) is 36.2 Å². The summed E-state index contributed by atoms with van der Waals surface area (Å²) in [6.07, 6.45) is 3.64. The minimum atomic E-state index is -0.216. The van der Waals surface area contributed by atoms with Crippen molar-refractivity contribution in [3.8, 4) is 0 Å². The normalized spacial score (nSPS) is 11.3. The summed E-state index contributed by atoms with van der Waals surface area (Å²) in [6, 6.07) is 10.6. The summed E-state index contributed by atoms with van der Waals surface area (Å²) in [4.78, 5) is 23.7. The summed E-state index contributed by atoms with van der Waals surface area (Å²) in [6.45, 7) is 1.93. The molecule has 0 aliphatic carbocycles. The van der Waals surface area contributed by atoms with Crippen molar-refractivity contribution < 1.29 is 9.18 Å². The van der Waals surface area contributed by atoms with Crippen LogP contribution in [0.5, 0.6) is 0 Å². The summed E-state index contributed by atoms with van der Waals surface area (Å²) in [5.74, 6) is 0.244. The van der Waals surface area contributed by atoms with Gasteiger partial charge in [-0.1, -0.05) is 18.2 Å². The Labute approximate surface area is 180 Å². The number of thiophene rings is 2. The fourth-order valence-corrected chi connectivity index (χ4v) is 4.93. The molecule has 30 heavy (non-hydrogen) atoms. The molecule has 6 nitrogen and oxygen atoms in total. The number of hydrazone groups is 1. The number of carbonyl (C=O) groups excluding carboxylic acids is 1. The number of nitrogens with zero attached hydrogens (tertiary/aromatic N) is 3. The third-order valence-electron chi connectivity index (χ3n) is 4.46. The van der Waals surface area contributed by atoms with Crippen LogP contribution in [0.4, 0.5) is 10.2 Å². The monoisotopic (exact) mass is 439 g/mol. The van der Waals surface area contributed by atoms with E-state index >= 15 is 0 Å². The van der Waals surface area contributed by atoms with E-state index in [4.69, 9.17) is 0 Å². The van der Waals surface area contributed by atoms with Crippen LogP contribution in [0.25, 0.3) is 10.2 Å². The molecule has 152 valence electrons. The second kappa shape index (κ2) is 8.68. The molecule has 4 aromatic rings. The van der Waals surface area contributed by atoms with Gasteiger partial charge in [0.05, 0.1) is 21.4 Å². The number of carbonyl (C=O) groups is 1. The van der Waals surface area contributed by atoms with E-state index in [9.17, 15) is 9.18 Å². The number of nitrogens with one attached hydrogen (secondary N) is 2. The predicted octanol–water partition coefficient (Wildman–Crippen LogP) is 4.60. The number of anilines is 1. The highest BCUT2D eigenvalue weighted by molar-refractivity contribution is 7.18. The first-order chi connectivity index (χ1) is 14.5. The largest absolute Gasteiger partial charge is 0.354 e. The molecule has 0 aliphatic rings. The Morgan fingerprint density at radius 3 is 2.87 bits per heavy atom. The highest BCUT2D eigenvalue weighted by Gasteiger charge is 2.12. The van der Waals surface area contributed by atoms with Gasteiger partial charge in [0.2, 0.25) is 0 Å². The lowest BCUT2D eigenvalue weighted by atomic mass is 10.1. The van der Waals surface area contributed by atoms with E-state index in [1.165, 1.54) is 35.1 Å². The maximum atomic E-state index is 14.0. The summed E-state index contributed by atoms with van der Waals surface area (Å²) >= 11 is 2.87. The zero-order valence-electron chi connectivity index (χ0n) is 16.3. The van der Waals surface area contributed by atoms with Crippen molar-refractivity contribution in [2.24, 2.45) is 5.10 Å². The summed E-state index contributed by atoms with van der Waals surface area (Å²) in [5, 5.41) is 7.74. The van der Waals surface area contributed by atoms with Gasteiger partial charge in [0, 0.05) is 18.3 Å². The molecule has 0 fully saturated rings. The zero-order valence-corrected chi connectivity index (χ0v) is 17.9. The van der Waals surface area contributed by atoms with Crippen LogP contribution in [0, 0.1) is 12.7 Å². The van der Waals surface area contributed by atoms with E-state index in [0.29, 0.717) is 22.7 Å². The van der Waals surface area contributed by atoms with E-state index in [1.807, 2.05) is 25.1 Å². The maximum absolute atomic E-state index is 14.0. The molecule has 0 atom stereocenters. The number of rotatable bonds is 6. The van der Waals surface area contributed by atoms with Gasteiger partial charge in [-0.2, -0.15) is 5.10 Å². The van der Waals surface area contributed by atoms with Crippen LogP contribution < -0.4 is 10.7 Å². The number of aromatic nitrogens is 2. The molecule has 1 amide bonds. The Bertz CT molecular complexity index is 1250. The van der Waals surface area contributed by atoms with E-state index < -0.39 is 0 Å². The molecule has 0 bridgehead atoms. The summed E-state index contributed by atoms with van der Waals surface area (Å²) in [5.41, 5.74) is 4.58. The third kappa shape index (κ3) is 4.22. The van der Waals surface area contributed by atoms with Crippen molar-refractivity contribution in [3.63, 3.8) is 0 Å². The van der Waals surface area contributed by atoms with Crippen LogP contribution in [0.2, 0.25) is 0 Å². The number of fused-ring (bicyclic) bond motifs is 1. The smallest absolute Gasteiger partial charge is 0.261 e. The number of hydrogen-bond acceptors (Lipinski definition) is 7. The fraction of sp³-hybridized carbons (Fsp3) is 0.143. The van der Waals surface area contributed by atoms with Crippen LogP contribution in [-0.2, 0) is 6.42 Å². The van der Waals surface area contributed by atoms with Crippen LogP contribution in [0.1, 0.15) is 30.6 Å². The Morgan fingerprint density at radius 1 is 1.23 bits per heavy atom. The molecule has 0 saturated carbocycles. The SMILES string of the molecule is CNC(=O)c1cc(C)c(/C=N/Nc2ncnc3sc(Cc4ccccc4F)cc23)s1. The minimum Gasteiger partial charge on any atom is -0.354 e. The molecule has 2 N–H and O–H groups in total. The van der Waals surface area contributed by atoms with E-state index in [-0.39, 0.29) is 11.7 Å². The van der Waals surface area contributed by atoms with E-state index in [0.717, 1.165) is 25.5 Å². The van der Waals surface area contributed by atoms with E-state index in [1.54, 1.807) is 25.4 Å². The fourth-order valence-electron chi connectivity index (χ4n) is 2.92. The molecular weight excluding hydrogens is 421 g/mol. The van der Waals surface area contributed by atoms with Crippen molar-refractivity contribution >= 4 is 50.8 Å². The number of hydrogen-bond donors (Lipinski definition) is 2. The molecule has 0 saturated heterocycles. The van der Waals surface area contributed by atoms with Crippen LogP contribution >= 0.6 is 22.7 Å². The van der Waals surface area contributed by atoms with Gasteiger partial charge in [-0.3, -0.25) is 10.2 Å². The molecule has 0 spiro atoms. The highest BCUT2D eigenvalue weighted by Crippen LogP contribution is 2.30. The van der Waals surface area contributed by atoms with Crippen LogP contribution in [0.15, 0.2) is 47.8 Å². The Hall–Kier alpha value is -3.17. The highest BCUT2D eigenvalue weighted by atomic mass is 32.1. The molecule has 4 rings (SSSR count). The Morgan fingerprint density at radius 2 is 2.07 bits per heavy atom. The van der Waals surface area contributed by atoms with Gasteiger partial charge in [0.25, 0.3) is 5.91 Å². The lowest BCUT2D eigenvalue weighted by Crippen LogP contribution is -2.16. The quantitative estimate of drug-likeness (QED) is 0.340. The number of benzene rings is 1. The van der Waals surface area contributed by atoms with Crippen molar-refractivity contribution in [2.75, 3.05) is 12.5 Å². The van der Waals surface area contributed by atoms with Crippen molar-refractivity contribution in [1.82, 2.24) is 15.3 Å². The average molecular weight is 440 g/mol. The second-order valence-corrected chi connectivity index (χ2v) is 8.73. The maximum Gasteiger partial charge on any atom is 0.261 e. The van der Waals surface area contributed by atoms with Gasteiger partial charge in [0.15, 0.2) is 5.82 Å². The first-order valence-corrected chi connectivity index (χ1v) is 10.8. The molecule has 0 unspecified atom stereocenters. The lowest BCUT2D eigenvalue weighted by molar-refractivity contribution is 0.0967. The van der Waals surface area contributed by atoms with E-state index in [2.05, 4.69) is 25.8 Å². The minimum absolute atomic E-state index is 0.117. The molecule has 0 radical (unpaired) electrons. The van der Waals surface area contributed by atoms with Gasteiger partial charge < -0.3 is 5.32 Å². The molecule has 3 heterocycles. The number of aryl methyl sites for hydroxylation is 1. The Balaban J connectivity index is 1.54. The molecule has 1 aromatic carbocycles. The Kier molecular flexibility index (Phi) is 5.82. The third-order valence-corrected chi connectivity index (χ3v) is 6.68. The van der Waals surface area contributed by atoms with Crippen LogP contribution in [-0.4, -0.2) is 29.1 Å². The molecule has 3 aromatic heterocycles. The van der Waals surface area contributed by atoms with Gasteiger partial charge in [0.1, 0.15) is 17.0 Å². The van der Waals surface area contributed by atoms with Gasteiger partial charge in [-0.25, -0.2) is 14.4 Å². The topological polar surface area (TPSA) is 79.3 Å². The first-order valence-electron chi connectivity index (χ1n) is 9.13. The summed E-state index contributed by atoms with van der Waals surface area (Å²) in [7, 11) is 1.61.